The van der Waals surface area contributed by atoms with Crippen LogP contribution in [-0.4, -0.2) is 48.8 Å². The molecule has 1 aromatic carbocycles. The van der Waals surface area contributed by atoms with Crippen molar-refractivity contribution in [1.82, 2.24) is 24.3 Å². The highest BCUT2D eigenvalue weighted by molar-refractivity contribution is 6.33. The number of rotatable bonds is 8. The minimum absolute atomic E-state index is 0.0437. The van der Waals surface area contributed by atoms with Gasteiger partial charge in [0.2, 0.25) is 11.8 Å². The molecule has 0 saturated carbocycles. The van der Waals surface area contributed by atoms with Gasteiger partial charge in [-0.25, -0.2) is 14.8 Å². The summed E-state index contributed by atoms with van der Waals surface area (Å²) in [5, 5.41) is 14.2. The molecule has 0 fully saturated rings. The summed E-state index contributed by atoms with van der Waals surface area (Å²) < 4.78 is 59.2. The SMILES string of the molecule is CCn1c(CO)nn(-c2cc(OC(C)C(F)(F)F)c3c(Oc4c(C)cnc(OC)c4Cl)nccc3c2)c1=O. The molecule has 0 spiro atoms. The molecule has 38 heavy (non-hydrogen) atoms. The van der Waals surface area contributed by atoms with Crippen molar-refractivity contribution in [3.8, 4) is 28.9 Å². The summed E-state index contributed by atoms with van der Waals surface area (Å²) in [5.41, 5.74) is 0.0544. The van der Waals surface area contributed by atoms with E-state index in [2.05, 4.69) is 15.1 Å². The Labute approximate surface area is 219 Å². The van der Waals surface area contributed by atoms with E-state index in [9.17, 15) is 23.1 Å². The maximum atomic E-state index is 13.5. The number of aryl methyl sites for hydroxylation is 1. The molecule has 0 aliphatic heterocycles. The lowest BCUT2D eigenvalue weighted by Gasteiger charge is -2.21. The van der Waals surface area contributed by atoms with E-state index in [4.69, 9.17) is 25.8 Å². The van der Waals surface area contributed by atoms with Gasteiger partial charge >= 0.3 is 11.9 Å². The van der Waals surface area contributed by atoms with Crippen LogP contribution < -0.4 is 19.9 Å². The summed E-state index contributed by atoms with van der Waals surface area (Å²) in [6.45, 7) is 3.95. The van der Waals surface area contributed by atoms with E-state index in [0.29, 0.717) is 10.9 Å². The number of aromatic nitrogens is 5. The third-order valence-electron chi connectivity index (χ3n) is 5.70. The fourth-order valence-electron chi connectivity index (χ4n) is 3.73. The zero-order chi connectivity index (χ0) is 27.8. The van der Waals surface area contributed by atoms with Gasteiger partial charge in [0.15, 0.2) is 17.7 Å². The highest BCUT2D eigenvalue weighted by Gasteiger charge is 2.38. The first-order valence-electron chi connectivity index (χ1n) is 11.3. The third kappa shape index (κ3) is 4.98. The van der Waals surface area contributed by atoms with E-state index in [-0.39, 0.29) is 51.7 Å². The monoisotopic (exact) mass is 553 g/mol. The summed E-state index contributed by atoms with van der Waals surface area (Å²) in [4.78, 5) is 21.2. The maximum Gasteiger partial charge on any atom is 0.425 e. The van der Waals surface area contributed by atoms with Crippen LogP contribution in [0.1, 0.15) is 25.2 Å². The van der Waals surface area contributed by atoms with Gasteiger partial charge in [0.1, 0.15) is 17.4 Å². The molecule has 3 aromatic heterocycles. The van der Waals surface area contributed by atoms with Gasteiger partial charge in [0, 0.05) is 30.6 Å². The van der Waals surface area contributed by atoms with Crippen LogP contribution in [0.15, 0.2) is 35.4 Å². The molecule has 0 aliphatic carbocycles. The maximum absolute atomic E-state index is 13.5. The van der Waals surface area contributed by atoms with Crippen molar-refractivity contribution >= 4 is 22.4 Å². The Morgan fingerprint density at radius 3 is 2.55 bits per heavy atom. The van der Waals surface area contributed by atoms with Crippen molar-refractivity contribution in [2.45, 2.75) is 46.2 Å². The van der Waals surface area contributed by atoms with E-state index in [0.717, 1.165) is 11.6 Å². The van der Waals surface area contributed by atoms with E-state index >= 15 is 0 Å². The summed E-state index contributed by atoms with van der Waals surface area (Å²) >= 11 is 6.38. The molecule has 0 amide bonds. The molecule has 4 rings (SSSR count). The van der Waals surface area contributed by atoms with Crippen molar-refractivity contribution < 1.29 is 32.5 Å². The topological polar surface area (TPSA) is 114 Å². The number of ether oxygens (including phenoxy) is 3. The molecule has 14 heteroatoms. The van der Waals surface area contributed by atoms with Crippen molar-refractivity contribution in [1.29, 1.82) is 0 Å². The van der Waals surface area contributed by atoms with E-state index < -0.39 is 24.6 Å². The standard InChI is InChI=1S/C24H23ClF3N5O5/c1-5-32-17(11-34)31-33(23(32)35)15-8-14-6-7-29-21(18(14)16(9-15)37-13(3)24(26,27)28)38-20-12(2)10-30-22(36-4)19(20)25/h6-10,13,34H,5,11H2,1-4H3. The number of halogens is 4. The number of benzene rings is 1. The summed E-state index contributed by atoms with van der Waals surface area (Å²) in [6.07, 6.45) is -4.05. The Morgan fingerprint density at radius 2 is 1.95 bits per heavy atom. The zero-order valence-electron chi connectivity index (χ0n) is 20.7. The third-order valence-corrected chi connectivity index (χ3v) is 6.03. The summed E-state index contributed by atoms with van der Waals surface area (Å²) in [5.74, 6) is -0.0347. The van der Waals surface area contributed by atoms with Crippen molar-refractivity contribution in [2.24, 2.45) is 0 Å². The number of nitrogens with zero attached hydrogens (tertiary/aromatic N) is 5. The molecule has 0 aliphatic rings. The van der Waals surface area contributed by atoms with Gasteiger partial charge in [0.05, 0.1) is 18.2 Å². The van der Waals surface area contributed by atoms with Gasteiger partial charge in [0.25, 0.3) is 0 Å². The second-order valence-electron chi connectivity index (χ2n) is 8.17. The Morgan fingerprint density at radius 1 is 1.21 bits per heavy atom. The van der Waals surface area contributed by atoms with Gasteiger partial charge < -0.3 is 19.3 Å². The molecule has 1 unspecified atom stereocenters. The molecule has 1 N–H and O–H groups in total. The van der Waals surface area contributed by atoms with Crippen LogP contribution in [0.3, 0.4) is 0 Å². The van der Waals surface area contributed by atoms with E-state index in [1.807, 2.05) is 0 Å². The van der Waals surface area contributed by atoms with Crippen LogP contribution in [0.25, 0.3) is 16.5 Å². The number of aliphatic hydroxyl groups is 1. The van der Waals surface area contributed by atoms with Crippen LogP contribution >= 0.6 is 11.6 Å². The Hall–Kier alpha value is -3.84. The second kappa shape index (κ2) is 10.5. The molecule has 202 valence electrons. The lowest BCUT2D eigenvalue weighted by atomic mass is 10.1. The number of hydrogen-bond acceptors (Lipinski definition) is 8. The van der Waals surface area contributed by atoms with Crippen molar-refractivity contribution in [2.75, 3.05) is 7.11 Å². The Kier molecular flexibility index (Phi) is 7.51. The molecule has 0 radical (unpaired) electrons. The van der Waals surface area contributed by atoms with Crippen LogP contribution in [0.5, 0.6) is 23.3 Å². The number of pyridine rings is 2. The number of alkyl halides is 3. The van der Waals surface area contributed by atoms with Crippen LogP contribution in [-0.2, 0) is 13.2 Å². The molecule has 0 bridgehead atoms. The smallest absolute Gasteiger partial charge is 0.425 e. The summed E-state index contributed by atoms with van der Waals surface area (Å²) in [7, 11) is 1.37. The average Bonchev–Trinajstić information content (AvgIpc) is 3.21. The number of hydrogen-bond donors (Lipinski definition) is 1. The summed E-state index contributed by atoms with van der Waals surface area (Å²) in [6, 6.07) is 4.27. The molecule has 10 nitrogen and oxygen atoms in total. The highest BCUT2D eigenvalue weighted by Crippen LogP contribution is 2.42. The lowest BCUT2D eigenvalue weighted by Crippen LogP contribution is -2.31. The van der Waals surface area contributed by atoms with Crippen LogP contribution in [0.4, 0.5) is 13.2 Å². The quantitative estimate of drug-likeness (QED) is 0.337. The lowest BCUT2D eigenvalue weighted by molar-refractivity contribution is -0.189. The number of fused-ring (bicyclic) bond motifs is 1. The zero-order valence-corrected chi connectivity index (χ0v) is 21.5. The fraction of sp³-hybridized carbons (Fsp3) is 0.333. The first-order valence-corrected chi connectivity index (χ1v) is 11.7. The van der Waals surface area contributed by atoms with Gasteiger partial charge in [-0.2, -0.15) is 17.9 Å². The average molecular weight is 554 g/mol. The fourth-order valence-corrected chi connectivity index (χ4v) is 4.04. The predicted molar refractivity (Wildman–Crippen MR) is 131 cm³/mol. The van der Waals surface area contributed by atoms with E-state index in [1.54, 1.807) is 13.8 Å². The van der Waals surface area contributed by atoms with Gasteiger partial charge in [-0.15, -0.1) is 5.10 Å². The molecule has 0 saturated heterocycles. The van der Waals surface area contributed by atoms with Gasteiger partial charge in [-0.3, -0.25) is 4.57 Å². The highest BCUT2D eigenvalue weighted by atomic mass is 35.5. The minimum atomic E-state index is -4.69. The minimum Gasteiger partial charge on any atom is -0.480 e. The molecular formula is C24H23ClF3N5O5. The van der Waals surface area contributed by atoms with E-state index in [1.165, 1.54) is 42.3 Å². The normalized spacial score (nSPS) is 12.6. The van der Waals surface area contributed by atoms with Crippen molar-refractivity contribution in [3.63, 3.8) is 0 Å². The molecule has 4 aromatic rings. The molecule has 1 atom stereocenters. The van der Waals surface area contributed by atoms with Gasteiger partial charge in [-0.05, 0) is 38.3 Å². The van der Waals surface area contributed by atoms with Crippen LogP contribution in [0, 0.1) is 6.92 Å². The predicted octanol–water partition coefficient (Wildman–Crippen LogP) is 4.58. The Bertz CT molecular complexity index is 1550. The number of aliphatic hydroxyl groups excluding tert-OH is 1. The van der Waals surface area contributed by atoms with Crippen molar-refractivity contribution in [3.05, 3.63) is 57.5 Å². The molecule has 3 heterocycles. The first-order chi connectivity index (χ1) is 18.0. The number of methoxy groups -OCH3 is 1. The van der Waals surface area contributed by atoms with Crippen LogP contribution in [0.2, 0.25) is 5.02 Å². The Balaban J connectivity index is 1.95. The second-order valence-corrected chi connectivity index (χ2v) is 8.55. The largest absolute Gasteiger partial charge is 0.480 e. The first kappa shape index (κ1) is 27.2. The molecular weight excluding hydrogens is 531 g/mol. The van der Waals surface area contributed by atoms with Gasteiger partial charge in [-0.1, -0.05) is 11.6 Å².